The number of pyridine rings is 1. The molecule has 0 spiro atoms. The van der Waals surface area contributed by atoms with E-state index in [4.69, 9.17) is 4.98 Å². The second kappa shape index (κ2) is 10.8. The molecule has 1 aliphatic carbocycles. The molecule has 224 valence electrons. The normalized spacial score (nSPS) is 17.7. The summed E-state index contributed by atoms with van der Waals surface area (Å²) in [6.07, 6.45) is 7.86. The van der Waals surface area contributed by atoms with E-state index in [1.807, 2.05) is 46.1 Å². The van der Waals surface area contributed by atoms with Crippen molar-refractivity contribution in [3.63, 3.8) is 0 Å². The van der Waals surface area contributed by atoms with Gasteiger partial charge in [0.05, 0.1) is 39.6 Å². The zero-order valence-electron chi connectivity index (χ0n) is 25.6. The molecule has 0 amide bonds. The summed E-state index contributed by atoms with van der Waals surface area (Å²) in [6, 6.07) is 15.3. The zero-order valence-corrected chi connectivity index (χ0v) is 25.6. The molecule has 4 heterocycles. The highest BCUT2D eigenvalue weighted by atomic mass is 19.1. The number of aliphatic hydroxyl groups is 1. The van der Waals surface area contributed by atoms with Gasteiger partial charge in [0.1, 0.15) is 5.82 Å². The first-order valence-corrected chi connectivity index (χ1v) is 15.7. The van der Waals surface area contributed by atoms with E-state index in [9.17, 15) is 9.50 Å². The molecule has 2 fully saturated rings. The van der Waals surface area contributed by atoms with Gasteiger partial charge in [-0.25, -0.2) is 9.07 Å². The predicted octanol–water partition coefficient (Wildman–Crippen LogP) is 6.76. The van der Waals surface area contributed by atoms with E-state index in [1.165, 1.54) is 25.5 Å². The molecule has 0 radical (unpaired) electrons. The van der Waals surface area contributed by atoms with Crippen molar-refractivity contribution in [1.82, 2.24) is 29.4 Å². The van der Waals surface area contributed by atoms with Crippen molar-refractivity contribution in [1.29, 1.82) is 0 Å². The van der Waals surface area contributed by atoms with Crippen LogP contribution in [0.5, 0.6) is 0 Å². The van der Waals surface area contributed by atoms with Gasteiger partial charge in [-0.3, -0.25) is 4.98 Å². The Morgan fingerprint density at radius 2 is 1.79 bits per heavy atom. The lowest BCUT2D eigenvalue weighted by molar-refractivity contribution is 0.0787. The molecular formula is C35H41FN6O. The Morgan fingerprint density at radius 1 is 1.00 bits per heavy atom. The quantitative estimate of drug-likeness (QED) is 0.220. The van der Waals surface area contributed by atoms with Crippen LogP contribution < -0.4 is 0 Å². The van der Waals surface area contributed by atoms with Crippen molar-refractivity contribution in [2.75, 3.05) is 19.6 Å². The van der Waals surface area contributed by atoms with Gasteiger partial charge in [0.2, 0.25) is 0 Å². The number of likely N-dealkylation sites (tertiary alicyclic amines) is 1. The second-order valence-corrected chi connectivity index (χ2v) is 13.4. The summed E-state index contributed by atoms with van der Waals surface area (Å²) in [5, 5.41) is 20.5. The van der Waals surface area contributed by atoms with Crippen LogP contribution in [0.15, 0.2) is 54.7 Å². The van der Waals surface area contributed by atoms with Crippen molar-refractivity contribution >= 4 is 21.9 Å². The molecule has 1 aliphatic heterocycles. The van der Waals surface area contributed by atoms with Crippen LogP contribution in [0.2, 0.25) is 0 Å². The van der Waals surface area contributed by atoms with Crippen LogP contribution in [-0.2, 0) is 12.6 Å². The highest BCUT2D eigenvalue weighted by molar-refractivity contribution is 6.07. The van der Waals surface area contributed by atoms with Crippen LogP contribution in [0.25, 0.3) is 33.2 Å². The molecule has 2 aliphatic rings. The van der Waals surface area contributed by atoms with Gasteiger partial charge in [-0.05, 0) is 113 Å². The molecule has 1 saturated carbocycles. The number of fused-ring (bicyclic) bond motifs is 3. The molecule has 3 aromatic heterocycles. The number of halogens is 1. The SMILES string of the molecule is Cc1nnn(C)c1-c1cnc2c3ccc(C(C)(C)O)cc3n(C(CC3CCN(CC4CC4)CC3)c3cccc(F)c3)c2c1. The molecule has 0 bridgehead atoms. The highest BCUT2D eigenvalue weighted by Gasteiger charge is 2.31. The van der Waals surface area contributed by atoms with Gasteiger partial charge >= 0.3 is 0 Å². The Hall–Kier alpha value is -3.62. The predicted molar refractivity (Wildman–Crippen MR) is 168 cm³/mol. The molecule has 7 rings (SSSR count). The van der Waals surface area contributed by atoms with Gasteiger partial charge in [-0.1, -0.05) is 29.5 Å². The van der Waals surface area contributed by atoms with Crippen molar-refractivity contribution < 1.29 is 9.50 Å². The van der Waals surface area contributed by atoms with Crippen LogP contribution >= 0.6 is 0 Å². The number of piperidine rings is 1. The third-order valence-corrected chi connectivity index (χ3v) is 9.64. The topological polar surface area (TPSA) is 72.0 Å². The van der Waals surface area contributed by atoms with Gasteiger partial charge < -0.3 is 14.6 Å². The Kier molecular flexibility index (Phi) is 7.09. The average molecular weight is 581 g/mol. The number of nitrogens with zero attached hydrogens (tertiary/aromatic N) is 6. The van der Waals surface area contributed by atoms with Gasteiger partial charge in [0.15, 0.2) is 0 Å². The molecule has 1 atom stereocenters. The summed E-state index contributed by atoms with van der Waals surface area (Å²) in [7, 11) is 1.90. The zero-order chi connectivity index (χ0) is 29.9. The molecule has 1 saturated heterocycles. The Bertz CT molecular complexity index is 1770. The molecule has 1 unspecified atom stereocenters. The fourth-order valence-corrected chi connectivity index (χ4v) is 7.10. The lowest BCUT2D eigenvalue weighted by atomic mass is 9.87. The first-order valence-electron chi connectivity index (χ1n) is 15.7. The Balaban J connectivity index is 1.40. The van der Waals surface area contributed by atoms with Gasteiger partial charge in [-0.15, -0.1) is 5.10 Å². The maximum Gasteiger partial charge on any atom is 0.123 e. The van der Waals surface area contributed by atoms with Crippen LogP contribution in [-0.4, -0.2) is 54.2 Å². The number of hydrogen-bond acceptors (Lipinski definition) is 5. The Morgan fingerprint density at radius 3 is 2.47 bits per heavy atom. The summed E-state index contributed by atoms with van der Waals surface area (Å²) < 4.78 is 19.0. The average Bonchev–Trinajstić information content (AvgIpc) is 3.66. The smallest absolute Gasteiger partial charge is 0.123 e. The monoisotopic (exact) mass is 580 g/mol. The van der Waals surface area contributed by atoms with Crippen molar-refractivity contribution in [2.24, 2.45) is 18.9 Å². The van der Waals surface area contributed by atoms with Crippen LogP contribution in [0, 0.1) is 24.6 Å². The minimum Gasteiger partial charge on any atom is -0.386 e. The third-order valence-electron chi connectivity index (χ3n) is 9.64. The van der Waals surface area contributed by atoms with Crippen LogP contribution in [0.4, 0.5) is 4.39 Å². The molecule has 7 nitrogen and oxygen atoms in total. The van der Waals surface area contributed by atoms with Gasteiger partial charge in [0, 0.05) is 30.7 Å². The van der Waals surface area contributed by atoms with E-state index >= 15 is 0 Å². The summed E-state index contributed by atoms with van der Waals surface area (Å²) in [4.78, 5) is 7.65. The summed E-state index contributed by atoms with van der Waals surface area (Å²) in [5.41, 5.74) is 6.38. The first-order chi connectivity index (χ1) is 20.7. The summed E-state index contributed by atoms with van der Waals surface area (Å²) >= 11 is 0. The van der Waals surface area contributed by atoms with E-state index < -0.39 is 5.60 Å². The van der Waals surface area contributed by atoms with E-state index in [-0.39, 0.29) is 11.9 Å². The minimum absolute atomic E-state index is 0.101. The Labute approximate surface area is 252 Å². The fraction of sp³-hybridized carbons (Fsp3) is 0.457. The number of rotatable bonds is 8. The molecule has 2 aromatic carbocycles. The maximum absolute atomic E-state index is 14.8. The number of aryl methyl sites for hydroxylation is 2. The molecular weight excluding hydrogens is 539 g/mol. The lowest BCUT2D eigenvalue weighted by Crippen LogP contribution is -2.35. The molecule has 43 heavy (non-hydrogen) atoms. The molecule has 8 heteroatoms. The fourth-order valence-electron chi connectivity index (χ4n) is 7.10. The van der Waals surface area contributed by atoms with E-state index in [1.54, 1.807) is 10.7 Å². The van der Waals surface area contributed by atoms with Gasteiger partial charge in [-0.2, -0.15) is 0 Å². The third kappa shape index (κ3) is 5.47. The number of aromatic nitrogens is 5. The van der Waals surface area contributed by atoms with E-state index in [0.717, 1.165) is 88.3 Å². The second-order valence-electron chi connectivity index (χ2n) is 13.4. The summed E-state index contributed by atoms with van der Waals surface area (Å²) in [5.74, 6) is 1.20. The van der Waals surface area contributed by atoms with Gasteiger partial charge in [0.25, 0.3) is 0 Å². The number of hydrogen-bond donors (Lipinski definition) is 1. The molecule has 1 N–H and O–H groups in total. The standard InChI is InChI=1S/C35H41FN6O/c1-22-34(40(4)39-38-22)26-18-32-33(37-20-26)29-11-10-27(35(2,3)43)19-31(29)42(32)30(25-6-5-7-28(36)17-25)16-23-12-14-41(15-13-23)21-24-8-9-24/h5-7,10-11,17-20,23-24,30,43H,8-9,12-16,21H2,1-4H3. The maximum atomic E-state index is 14.8. The number of benzene rings is 2. The highest BCUT2D eigenvalue weighted by Crippen LogP contribution is 2.41. The van der Waals surface area contributed by atoms with Crippen molar-refractivity contribution in [2.45, 2.75) is 64.5 Å². The van der Waals surface area contributed by atoms with Crippen LogP contribution in [0.1, 0.15) is 68.8 Å². The van der Waals surface area contributed by atoms with Crippen molar-refractivity contribution in [3.05, 3.63) is 77.4 Å². The lowest BCUT2D eigenvalue weighted by Gasteiger charge is -2.34. The van der Waals surface area contributed by atoms with E-state index in [0.29, 0.717) is 5.92 Å². The minimum atomic E-state index is -1.01. The first kappa shape index (κ1) is 28.2. The van der Waals surface area contributed by atoms with Crippen molar-refractivity contribution in [3.8, 4) is 11.3 Å². The van der Waals surface area contributed by atoms with Crippen LogP contribution in [0.3, 0.4) is 0 Å². The largest absolute Gasteiger partial charge is 0.386 e. The van der Waals surface area contributed by atoms with E-state index in [2.05, 4.69) is 44.0 Å². The molecule has 5 aromatic rings. The summed E-state index contributed by atoms with van der Waals surface area (Å²) in [6.45, 7) is 9.09.